The smallest absolute Gasteiger partial charge is 0.129 e. The molecule has 5 heteroatoms. The summed E-state index contributed by atoms with van der Waals surface area (Å²) in [5.41, 5.74) is 6.33. The molecular weight excluding hydrogens is 372 g/mol. The van der Waals surface area contributed by atoms with Crippen molar-refractivity contribution in [1.82, 2.24) is 10.3 Å². The standard InChI is InChI=1S/C23H28N2O2.ClH/c1-15-16(2)25-21-8-5-9-22(23(15)21)27-14-20(26)13-24-19-11-10-17-6-3-4-7-18(17)12-19;/h3-9,19-20,24-26H,10-14H2,1-2H3;1H. The summed E-state index contributed by atoms with van der Waals surface area (Å²) in [6.07, 6.45) is 2.73. The Bertz CT molecular complexity index is 937. The van der Waals surface area contributed by atoms with Gasteiger partial charge in [0.05, 0.1) is 0 Å². The average molecular weight is 401 g/mol. The number of hydrogen-bond donors (Lipinski definition) is 3. The molecule has 0 radical (unpaired) electrons. The highest BCUT2D eigenvalue weighted by Gasteiger charge is 2.19. The van der Waals surface area contributed by atoms with Crippen molar-refractivity contribution >= 4 is 23.3 Å². The Labute approximate surface area is 172 Å². The number of aliphatic hydroxyl groups excluding tert-OH is 1. The van der Waals surface area contributed by atoms with Crippen molar-refractivity contribution in [2.24, 2.45) is 0 Å². The minimum atomic E-state index is -0.530. The van der Waals surface area contributed by atoms with Crippen LogP contribution in [0.25, 0.3) is 10.9 Å². The van der Waals surface area contributed by atoms with E-state index < -0.39 is 6.10 Å². The highest BCUT2D eigenvalue weighted by atomic mass is 35.5. The minimum Gasteiger partial charge on any atom is -0.490 e. The molecule has 0 amide bonds. The third kappa shape index (κ3) is 4.35. The lowest BCUT2D eigenvalue weighted by Crippen LogP contribution is -2.40. The van der Waals surface area contributed by atoms with Gasteiger partial charge in [-0.3, -0.25) is 0 Å². The van der Waals surface area contributed by atoms with Gasteiger partial charge in [0, 0.05) is 29.2 Å². The number of halogens is 1. The van der Waals surface area contributed by atoms with Crippen molar-refractivity contribution in [2.45, 2.75) is 45.3 Å². The van der Waals surface area contributed by atoms with Gasteiger partial charge in [-0.25, -0.2) is 0 Å². The summed E-state index contributed by atoms with van der Waals surface area (Å²) >= 11 is 0. The van der Waals surface area contributed by atoms with Crippen LogP contribution >= 0.6 is 12.4 Å². The van der Waals surface area contributed by atoms with Crippen molar-refractivity contribution in [3.8, 4) is 5.75 Å². The maximum atomic E-state index is 10.4. The second kappa shape index (κ2) is 8.99. The lowest BCUT2D eigenvalue weighted by Gasteiger charge is -2.26. The van der Waals surface area contributed by atoms with E-state index in [0.717, 1.165) is 41.6 Å². The van der Waals surface area contributed by atoms with E-state index in [1.165, 1.54) is 16.7 Å². The number of nitrogens with one attached hydrogen (secondary N) is 2. The lowest BCUT2D eigenvalue weighted by molar-refractivity contribution is 0.104. The molecule has 2 unspecified atom stereocenters. The molecule has 2 atom stereocenters. The number of aromatic amines is 1. The van der Waals surface area contributed by atoms with Gasteiger partial charge in [0.15, 0.2) is 0 Å². The average Bonchev–Trinajstić information content (AvgIpc) is 2.99. The first-order valence-corrected chi connectivity index (χ1v) is 9.80. The van der Waals surface area contributed by atoms with E-state index in [1.807, 2.05) is 12.1 Å². The third-order valence-electron chi connectivity index (χ3n) is 5.71. The predicted octanol–water partition coefficient (Wildman–Crippen LogP) is 4.09. The highest BCUT2D eigenvalue weighted by Crippen LogP contribution is 2.30. The van der Waals surface area contributed by atoms with Crippen LogP contribution in [0.15, 0.2) is 42.5 Å². The second-order valence-corrected chi connectivity index (χ2v) is 7.64. The zero-order valence-electron chi connectivity index (χ0n) is 16.5. The monoisotopic (exact) mass is 400 g/mol. The molecule has 28 heavy (non-hydrogen) atoms. The molecule has 0 fully saturated rings. The van der Waals surface area contributed by atoms with E-state index >= 15 is 0 Å². The van der Waals surface area contributed by atoms with Gasteiger partial charge in [-0.05, 0) is 61.9 Å². The fraction of sp³-hybridized carbons (Fsp3) is 0.391. The first-order chi connectivity index (χ1) is 13.1. The number of H-pyrrole nitrogens is 1. The Balaban J connectivity index is 0.00000225. The van der Waals surface area contributed by atoms with Gasteiger partial charge in [0.1, 0.15) is 18.5 Å². The van der Waals surface area contributed by atoms with Crippen molar-refractivity contribution in [1.29, 1.82) is 0 Å². The van der Waals surface area contributed by atoms with Gasteiger partial charge in [-0.2, -0.15) is 0 Å². The quantitative estimate of drug-likeness (QED) is 0.584. The third-order valence-corrected chi connectivity index (χ3v) is 5.71. The number of aliphatic hydroxyl groups is 1. The summed E-state index contributed by atoms with van der Waals surface area (Å²) in [7, 11) is 0. The van der Waals surface area contributed by atoms with Crippen LogP contribution in [-0.2, 0) is 12.8 Å². The fourth-order valence-corrected chi connectivity index (χ4v) is 4.05. The van der Waals surface area contributed by atoms with Gasteiger partial charge < -0.3 is 20.1 Å². The Morgan fingerprint density at radius 2 is 1.93 bits per heavy atom. The molecule has 1 aliphatic carbocycles. The minimum absolute atomic E-state index is 0. The first kappa shape index (κ1) is 20.7. The van der Waals surface area contributed by atoms with E-state index in [1.54, 1.807) is 0 Å². The molecule has 0 bridgehead atoms. The molecule has 0 saturated carbocycles. The summed E-state index contributed by atoms with van der Waals surface area (Å²) in [6, 6.07) is 15.1. The molecule has 4 nitrogen and oxygen atoms in total. The van der Waals surface area contributed by atoms with Crippen LogP contribution in [0.1, 0.15) is 28.8 Å². The molecule has 0 saturated heterocycles. The topological polar surface area (TPSA) is 57.3 Å². The molecule has 0 aliphatic heterocycles. The normalized spacial score (nSPS) is 17.0. The van der Waals surface area contributed by atoms with Crippen LogP contribution in [-0.4, -0.2) is 35.4 Å². The number of benzene rings is 2. The molecule has 2 aromatic carbocycles. The fourth-order valence-electron chi connectivity index (χ4n) is 4.05. The summed E-state index contributed by atoms with van der Waals surface area (Å²) in [4.78, 5) is 3.38. The van der Waals surface area contributed by atoms with Gasteiger partial charge in [-0.15, -0.1) is 12.4 Å². The van der Waals surface area contributed by atoms with Crippen molar-refractivity contribution in [3.05, 3.63) is 64.8 Å². The predicted molar refractivity (Wildman–Crippen MR) is 117 cm³/mol. The first-order valence-electron chi connectivity index (χ1n) is 9.80. The highest BCUT2D eigenvalue weighted by molar-refractivity contribution is 5.90. The van der Waals surface area contributed by atoms with Crippen LogP contribution in [0, 0.1) is 13.8 Å². The van der Waals surface area contributed by atoms with Crippen molar-refractivity contribution in [3.63, 3.8) is 0 Å². The lowest BCUT2D eigenvalue weighted by atomic mass is 9.88. The zero-order chi connectivity index (χ0) is 18.8. The Kier molecular flexibility index (Phi) is 6.65. The van der Waals surface area contributed by atoms with Crippen LogP contribution in [0.5, 0.6) is 5.75 Å². The van der Waals surface area contributed by atoms with Crippen LogP contribution in [0.2, 0.25) is 0 Å². The van der Waals surface area contributed by atoms with Gasteiger partial charge in [0.25, 0.3) is 0 Å². The van der Waals surface area contributed by atoms with Gasteiger partial charge >= 0.3 is 0 Å². The van der Waals surface area contributed by atoms with E-state index in [-0.39, 0.29) is 12.4 Å². The SMILES string of the molecule is Cc1[nH]c2cccc(OCC(O)CNC3CCc4ccccc4C3)c2c1C.Cl. The van der Waals surface area contributed by atoms with Gasteiger partial charge in [-0.1, -0.05) is 30.3 Å². The number of aromatic nitrogens is 1. The van der Waals surface area contributed by atoms with Crippen molar-refractivity contribution in [2.75, 3.05) is 13.2 Å². The molecule has 1 aliphatic rings. The molecule has 4 rings (SSSR count). The molecule has 1 heterocycles. The molecule has 0 spiro atoms. The molecule has 3 aromatic rings. The van der Waals surface area contributed by atoms with E-state index in [9.17, 15) is 5.11 Å². The number of ether oxygens (including phenoxy) is 1. The number of fused-ring (bicyclic) bond motifs is 2. The Morgan fingerprint density at radius 3 is 2.75 bits per heavy atom. The largest absolute Gasteiger partial charge is 0.490 e. The maximum Gasteiger partial charge on any atom is 0.129 e. The van der Waals surface area contributed by atoms with Crippen LogP contribution in [0.3, 0.4) is 0 Å². The Morgan fingerprint density at radius 1 is 1.14 bits per heavy atom. The summed E-state index contributed by atoms with van der Waals surface area (Å²) in [6.45, 7) is 5.01. The van der Waals surface area contributed by atoms with E-state index in [0.29, 0.717) is 19.2 Å². The molecule has 1 aromatic heterocycles. The van der Waals surface area contributed by atoms with Crippen LogP contribution in [0.4, 0.5) is 0 Å². The summed E-state index contributed by atoms with van der Waals surface area (Å²) in [5.74, 6) is 0.833. The number of hydrogen-bond acceptors (Lipinski definition) is 3. The van der Waals surface area contributed by atoms with Crippen LogP contribution < -0.4 is 10.1 Å². The maximum absolute atomic E-state index is 10.4. The molecule has 150 valence electrons. The summed E-state index contributed by atoms with van der Waals surface area (Å²) < 4.78 is 5.96. The van der Waals surface area contributed by atoms with E-state index in [2.05, 4.69) is 54.5 Å². The van der Waals surface area contributed by atoms with Crippen molar-refractivity contribution < 1.29 is 9.84 Å². The number of aryl methyl sites for hydroxylation is 3. The Hall–Kier alpha value is -2.01. The van der Waals surface area contributed by atoms with E-state index in [4.69, 9.17) is 4.74 Å². The van der Waals surface area contributed by atoms with Gasteiger partial charge in [0.2, 0.25) is 0 Å². The second-order valence-electron chi connectivity index (χ2n) is 7.64. The summed E-state index contributed by atoms with van der Waals surface area (Å²) in [5, 5.41) is 15.0. The number of rotatable bonds is 6. The molecular formula is C23H29ClN2O2. The zero-order valence-corrected chi connectivity index (χ0v) is 17.3. The molecule has 3 N–H and O–H groups in total.